The van der Waals surface area contributed by atoms with Gasteiger partial charge in [0, 0.05) is 18.2 Å². The van der Waals surface area contributed by atoms with Gasteiger partial charge in [0.05, 0.1) is 6.07 Å². The van der Waals surface area contributed by atoms with Crippen molar-refractivity contribution >= 4 is 5.91 Å². The van der Waals surface area contributed by atoms with Gasteiger partial charge in [0.15, 0.2) is 0 Å². The second kappa shape index (κ2) is 3.20. The lowest BCUT2D eigenvalue weighted by Crippen LogP contribution is -2.18. The minimum Gasteiger partial charge on any atom is -0.329 e. The van der Waals surface area contributed by atoms with Crippen LogP contribution in [0.2, 0.25) is 0 Å². The second-order valence-corrected chi connectivity index (χ2v) is 2.60. The number of hydrogen-bond donors (Lipinski definition) is 1. The van der Waals surface area contributed by atoms with Gasteiger partial charge >= 0.3 is 0 Å². The summed E-state index contributed by atoms with van der Waals surface area (Å²) in [6.07, 6.45) is 2.63. The first kappa shape index (κ1) is 7.80. The van der Waals surface area contributed by atoms with E-state index in [0.29, 0.717) is 0 Å². The number of rotatable bonds is 1. The van der Waals surface area contributed by atoms with E-state index >= 15 is 0 Å². The summed E-state index contributed by atoms with van der Waals surface area (Å²) < 4.78 is 0. The Bertz CT molecular complexity index is 247. The maximum Gasteiger partial charge on any atom is 0.221 e. The van der Waals surface area contributed by atoms with E-state index in [1.807, 2.05) is 0 Å². The molecule has 0 saturated heterocycles. The van der Waals surface area contributed by atoms with Crippen molar-refractivity contribution in [1.29, 1.82) is 5.26 Å². The zero-order chi connectivity index (χ0) is 8.27. The van der Waals surface area contributed by atoms with Crippen molar-refractivity contribution in [3.05, 3.63) is 11.3 Å². The van der Waals surface area contributed by atoms with E-state index in [-0.39, 0.29) is 5.91 Å². The molecule has 0 atom stereocenters. The molecule has 1 rings (SSSR count). The van der Waals surface area contributed by atoms with E-state index in [1.165, 1.54) is 6.92 Å². The summed E-state index contributed by atoms with van der Waals surface area (Å²) >= 11 is 0. The molecule has 3 nitrogen and oxygen atoms in total. The van der Waals surface area contributed by atoms with Crippen LogP contribution in [0.25, 0.3) is 0 Å². The predicted molar refractivity (Wildman–Crippen MR) is 40.3 cm³/mol. The topological polar surface area (TPSA) is 52.9 Å². The van der Waals surface area contributed by atoms with Gasteiger partial charge in [-0.3, -0.25) is 4.79 Å². The third kappa shape index (κ3) is 1.81. The molecule has 1 aliphatic rings. The van der Waals surface area contributed by atoms with Gasteiger partial charge in [-0.15, -0.1) is 0 Å². The molecule has 0 bridgehead atoms. The highest BCUT2D eigenvalue weighted by Gasteiger charge is 2.14. The highest BCUT2D eigenvalue weighted by molar-refractivity contribution is 5.75. The zero-order valence-electron chi connectivity index (χ0n) is 6.48. The van der Waals surface area contributed by atoms with Crippen LogP contribution in [-0.4, -0.2) is 5.91 Å². The van der Waals surface area contributed by atoms with Crippen molar-refractivity contribution in [3.8, 4) is 6.07 Å². The average Bonchev–Trinajstić information content (AvgIpc) is 2.34. The molecule has 11 heavy (non-hydrogen) atoms. The highest BCUT2D eigenvalue weighted by Crippen LogP contribution is 2.22. The van der Waals surface area contributed by atoms with Crippen molar-refractivity contribution in [3.63, 3.8) is 0 Å². The molecule has 1 amide bonds. The number of carbonyl (C=O) groups is 1. The Morgan fingerprint density at radius 1 is 1.64 bits per heavy atom. The first-order valence-corrected chi connectivity index (χ1v) is 3.63. The van der Waals surface area contributed by atoms with Crippen molar-refractivity contribution in [2.75, 3.05) is 0 Å². The fourth-order valence-electron chi connectivity index (χ4n) is 1.22. The molecule has 0 radical (unpaired) electrons. The van der Waals surface area contributed by atoms with Gasteiger partial charge in [-0.1, -0.05) is 0 Å². The number of allylic oxidation sites excluding steroid dienone is 2. The van der Waals surface area contributed by atoms with E-state index in [1.54, 1.807) is 0 Å². The SMILES string of the molecule is CC(=O)NC1=C(C#N)CCC1. The lowest BCUT2D eigenvalue weighted by molar-refractivity contribution is -0.118. The normalized spacial score (nSPS) is 16.4. The molecule has 0 aromatic heterocycles. The lowest BCUT2D eigenvalue weighted by Gasteiger charge is -2.00. The van der Waals surface area contributed by atoms with Gasteiger partial charge in [0.2, 0.25) is 5.91 Å². The third-order valence-electron chi connectivity index (χ3n) is 1.68. The molecule has 0 fully saturated rings. The van der Waals surface area contributed by atoms with Crippen molar-refractivity contribution in [1.82, 2.24) is 5.32 Å². The summed E-state index contributed by atoms with van der Waals surface area (Å²) in [7, 11) is 0. The molecule has 58 valence electrons. The molecule has 1 aliphatic carbocycles. The first-order chi connectivity index (χ1) is 5.24. The van der Waals surface area contributed by atoms with E-state index in [9.17, 15) is 4.79 Å². The van der Waals surface area contributed by atoms with Crippen LogP contribution in [0, 0.1) is 11.3 Å². The Balaban J connectivity index is 2.69. The fraction of sp³-hybridized carbons (Fsp3) is 0.500. The first-order valence-electron chi connectivity index (χ1n) is 3.63. The minimum absolute atomic E-state index is 0.0883. The van der Waals surface area contributed by atoms with Gasteiger partial charge in [-0.2, -0.15) is 5.26 Å². The van der Waals surface area contributed by atoms with Gasteiger partial charge < -0.3 is 5.32 Å². The molecular weight excluding hydrogens is 140 g/mol. The van der Waals surface area contributed by atoms with E-state index < -0.39 is 0 Å². The average molecular weight is 150 g/mol. The molecule has 0 aromatic carbocycles. The maximum atomic E-state index is 10.6. The third-order valence-corrected chi connectivity index (χ3v) is 1.68. The Morgan fingerprint density at radius 2 is 2.36 bits per heavy atom. The maximum absolute atomic E-state index is 10.6. The van der Waals surface area contributed by atoms with Crippen LogP contribution >= 0.6 is 0 Å². The van der Waals surface area contributed by atoms with Crippen LogP contribution in [0.3, 0.4) is 0 Å². The monoisotopic (exact) mass is 150 g/mol. The number of nitrogens with one attached hydrogen (secondary N) is 1. The Labute approximate surface area is 65.7 Å². The number of carbonyl (C=O) groups excluding carboxylic acids is 1. The molecule has 0 heterocycles. The number of nitriles is 1. The van der Waals surface area contributed by atoms with Crippen LogP contribution in [0.4, 0.5) is 0 Å². The Hall–Kier alpha value is -1.30. The molecule has 0 spiro atoms. The van der Waals surface area contributed by atoms with Gasteiger partial charge in [0.25, 0.3) is 0 Å². The number of nitrogens with zero attached hydrogens (tertiary/aromatic N) is 1. The zero-order valence-corrected chi connectivity index (χ0v) is 6.48. The van der Waals surface area contributed by atoms with E-state index in [2.05, 4.69) is 11.4 Å². The van der Waals surface area contributed by atoms with Crippen LogP contribution in [0.15, 0.2) is 11.3 Å². The van der Waals surface area contributed by atoms with Gasteiger partial charge in [0.1, 0.15) is 0 Å². The number of amides is 1. The quantitative estimate of drug-likeness (QED) is 0.608. The van der Waals surface area contributed by atoms with Crippen molar-refractivity contribution < 1.29 is 4.79 Å². The minimum atomic E-state index is -0.0883. The largest absolute Gasteiger partial charge is 0.329 e. The summed E-state index contributed by atoms with van der Waals surface area (Å²) in [6, 6.07) is 2.08. The Morgan fingerprint density at radius 3 is 2.91 bits per heavy atom. The van der Waals surface area contributed by atoms with Crippen LogP contribution in [0.5, 0.6) is 0 Å². The molecule has 0 aliphatic heterocycles. The van der Waals surface area contributed by atoms with Crippen LogP contribution in [-0.2, 0) is 4.79 Å². The van der Waals surface area contributed by atoms with E-state index in [0.717, 1.165) is 30.5 Å². The molecule has 0 unspecified atom stereocenters. The molecule has 0 saturated carbocycles. The van der Waals surface area contributed by atoms with Crippen molar-refractivity contribution in [2.24, 2.45) is 0 Å². The molecule has 0 aromatic rings. The Kier molecular flexibility index (Phi) is 2.27. The smallest absolute Gasteiger partial charge is 0.221 e. The summed E-state index contributed by atoms with van der Waals surface area (Å²) in [5.74, 6) is -0.0883. The summed E-state index contributed by atoms with van der Waals surface area (Å²) in [5.41, 5.74) is 1.56. The van der Waals surface area contributed by atoms with Gasteiger partial charge in [-0.25, -0.2) is 0 Å². The standard InChI is InChI=1S/C8H10N2O/c1-6(11)10-8-4-2-3-7(8)5-9/h2-4H2,1H3,(H,10,11). The summed E-state index contributed by atoms with van der Waals surface area (Å²) in [6.45, 7) is 1.46. The van der Waals surface area contributed by atoms with Crippen molar-refractivity contribution in [2.45, 2.75) is 26.2 Å². The van der Waals surface area contributed by atoms with Gasteiger partial charge in [-0.05, 0) is 19.3 Å². The summed E-state index contributed by atoms with van der Waals surface area (Å²) in [4.78, 5) is 10.6. The van der Waals surface area contributed by atoms with Crippen LogP contribution < -0.4 is 5.32 Å². The molecule has 3 heteroatoms. The fourth-order valence-corrected chi connectivity index (χ4v) is 1.22. The highest BCUT2D eigenvalue weighted by atomic mass is 16.1. The van der Waals surface area contributed by atoms with E-state index in [4.69, 9.17) is 5.26 Å². The molecular formula is C8H10N2O. The second-order valence-electron chi connectivity index (χ2n) is 2.60. The lowest BCUT2D eigenvalue weighted by atomic mass is 10.2. The summed E-state index contributed by atoms with van der Waals surface area (Å²) in [5, 5.41) is 11.3. The predicted octanol–water partition coefficient (Wildman–Crippen LogP) is 1.08. The number of hydrogen-bond acceptors (Lipinski definition) is 2. The van der Waals surface area contributed by atoms with Crippen LogP contribution in [0.1, 0.15) is 26.2 Å². The molecule has 1 N–H and O–H groups in total.